The highest BCUT2D eigenvalue weighted by atomic mass is 35.5. The molecule has 4 heteroatoms. The molecule has 0 atom stereocenters. The third kappa shape index (κ3) is 3.76. The van der Waals surface area contributed by atoms with Crippen molar-refractivity contribution in [2.75, 3.05) is 0 Å². The highest BCUT2D eigenvalue weighted by Gasteiger charge is 1.98. The predicted octanol–water partition coefficient (Wildman–Crippen LogP) is 4.53. The van der Waals surface area contributed by atoms with E-state index in [9.17, 15) is 0 Å². The molecule has 0 aliphatic rings. The van der Waals surface area contributed by atoms with E-state index in [1.807, 2.05) is 54.2 Å². The third-order valence-corrected chi connectivity index (χ3v) is 2.59. The average molecular weight is 281 g/mol. The van der Waals surface area contributed by atoms with Crippen molar-refractivity contribution in [3.8, 4) is 0 Å². The van der Waals surface area contributed by atoms with Gasteiger partial charge in [0.05, 0.1) is 6.33 Å². The van der Waals surface area contributed by atoms with Gasteiger partial charge >= 0.3 is 0 Å². The first-order valence-corrected chi connectivity index (χ1v) is 5.75. The van der Waals surface area contributed by atoms with E-state index in [2.05, 4.69) is 11.1 Å². The Morgan fingerprint density at radius 1 is 1.28 bits per heavy atom. The number of aromatic nitrogens is 2. The molecule has 0 saturated carbocycles. The summed E-state index contributed by atoms with van der Waals surface area (Å²) in [4.78, 5) is 4.02. The second-order valence-corrected chi connectivity index (χ2v) is 4.04. The lowest BCUT2D eigenvalue weighted by molar-refractivity contribution is 1.14. The molecular weight excluding hydrogens is 267 g/mol. The smallest absolute Gasteiger partial charge is 0.0986 e. The summed E-state index contributed by atoms with van der Waals surface area (Å²) in [7, 11) is 0. The van der Waals surface area contributed by atoms with Gasteiger partial charge in [0, 0.05) is 23.6 Å². The fraction of sp³-hybridized carbons (Fsp3) is 0.0714. The van der Waals surface area contributed by atoms with Crippen molar-refractivity contribution in [2.24, 2.45) is 0 Å². The molecule has 2 aromatic rings. The van der Waals surface area contributed by atoms with Crippen LogP contribution in [0.4, 0.5) is 0 Å². The van der Waals surface area contributed by atoms with Gasteiger partial charge in [0.25, 0.3) is 0 Å². The number of nitrogens with zero attached hydrogens (tertiary/aromatic N) is 2. The van der Waals surface area contributed by atoms with Gasteiger partial charge in [-0.2, -0.15) is 0 Å². The Bertz CT molecular complexity index is 525. The van der Waals surface area contributed by atoms with Crippen molar-refractivity contribution < 1.29 is 0 Å². The molecule has 0 N–H and O–H groups in total. The van der Waals surface area contributed by atoms with E-state index in [0.717, 1.165) is 16.2 Å². The van der Waals surface area contributed by atoms with Crippen molar-refractivity contribution in [1.29, 1.82) is 0 Å². The molecule has 0 spiro atoms. The summed E-state index contributed by atoms with van der Waals surface area (Å²) < 4.78 is 1.92. The topological polar surface area (TPSA) is 17.8 Å². The number of halogens is 2. The summed E-state index contributed by atoms with van der Waals surface area (Å²) in [6.07, 6.45) is 11.5. The van der Waals surface area contributed by atoms with Crippen LogP contribution in [0.5, 0.6) is 0 Å². The predicted molar refractivity (Wildman–Crippen MR) is 79.9 cm³/mol. The Morgan fingerprint density at radius 2 is 2.00 bits per heavy atom. The maximum Gasteiger partial charge on any atom is 0.0986 e. The van der Waals surface area contributed by atoms with Crippen LogP contribution in [0.2, 0.25) is 5.02 Å². The largest absolute Gasteiger partial charge is 0.313 e. The van der Waals surface area contributed by atoms with E-state index in [1.165, 1.54) is 0 Å². The van der Waals surface area contributed by atoms with Gasteiger partial charge in [-0.15, -0.1) is 12.4 Å². The molecule has 0 fully saturated rings. The van der Waals surface area contributed by atoms with Gasteiger partial charge in [-0.25, -0.2) is 4.98 Å². The normalized spacial score (nSPS) is 11.6. The Kier molecular flexibility index (Phi) is 5.69. The van der Waals surface area contributed by atoms with Crippen molar-refractivity contribution in [1.82, 2.24) is 9.55 Å². The van der Waals surface area contributed by atoms with Crippen LogP contribution in [0, 0.1) is 0 Å². The van der Waals surface area contributed by atoms with Crippen LogP contribution in [0.3, 0.4) is 0 Å². The highest BCUT2D eigenvalue weighted by Crippen LogP contribution is 2.19. The van der Waals surface area contributed by atoms with Gasteiger partial charge in [-0.3, -0.25) is 0 Å². The summed E-state index contributed by atoms with van der Waals surface area (Å²) in [6, 6.07) is 7.79. The molecule has 2 rings (SSSR count). The summed E-state index contributed by atoms with van der Waals surface area (Å²) in [6.45, 7) is 2.00. The second-order valence-electron chi connectivity index (χ2n) is 3.60. The Hall–Kier alpha value is -1.51. The van der Waals surface area contributed by atoms with Crippen molar-refractivity contribution in [3.63, 3.8) is 0 Å². The zero-order valence-corrected chi connectivity index (χ0v) is 11.5. The van der Waals surface area contributed by atoms with Gasteiger partial charge in [0.2, 0.25) is 0 Å². The van der Waals surface area contributed by atoms with Gasteiger partial charge < -0.3 is 4.57 Å². The van der Waals surface area contributed by atoms with Gasteiger partial charge in [-0.05, 0) is 30.2 Å². The Balaban J connectivity index is 0.00000162. The molecule has 0 aliphatic carbocycles. The SMILES string of the molecule is CC=CC(=Cn1ccnc1)c1ccc(Cl)cc1.Cl. The van der Waals surface area contributed by atoms with E-state index < -0.39 is 0 Å². The first-order valence-electron chi connectivity index (χ1n) is 5.37. The van der Waals surface area contributed by atoms with Crippen molar-refractivity contribution in [2.45, 2.75) is 6.92 Å². The Morgan fingerprint density at radius 3 is 2.56 bits per heavy atom. The third-order valence-electron chi connectivity index (χ3n) is 2.34. The number of rotatable bonds is 3. The minimum absolute atomic E-state index is 0. The quantitative estimate of drug-likeness (QED) is 0.756. The molecular formula is C14H14Cl2N2. The highest BCUT2D eigenvalue weighted by molar-refractivity contribution is 6.30. The van der Waals surface area contributed by atoms with E-state index in [4.69, 9.17) is 11.6 Å². The Labute approximate surface area is 118 Å². The lowest BCUT2D eigenvalue weighted by Gasteiger charge is -2.03. The summed E-state index contributed by atoms with van der Waals surface area (Å²) in [5.41, 5.74) is 2.24. The van der Waals surface area contributed by atoms with Gasteiger partial charge in [0.15, 0.2) is 0 Å². The summed E-state index contributed by atoms with van der Waals surface area (Å²) in [5.74, 6) is 0. The molecule has 1 heterocycles. The molecule has 0 unspecified atom stereocenters. The molecule has 0 saturated heterocycles. The molecule has 18 heavy (non-hydrogen) atoms. The van der Waals surface area contributed by atoms with E-state index >= 15 is 0 Å². The lowest BCUT2D eigenvalue weighted by atomic mass is 10.1. The first-order chi connectivity index (χ1) is 8.29. The maximum absolute atomic E-state index is 5.88. The molecule has 0 amide bonds. The zero-order valence-electron chi connectivity index (χ0n) is 9.95. The lowest BCUT2D eigenvalue weighted by Crippen LogP contribution is -1.86. The van der Waals surface area contributed by atoms with Gasteiger partial charge in [-0.1, -0.05) is 35.9 Å². The van der Waals surface area contributed by atoms with Crippen LogP contribution in [-0.2, 0) is 0 Å². The number of benzene rings is 1. The standard InChI is InChI=1S/C14H13ClN2.ClH/c1-2-3-13(10-17-9-8-16-11-17)12-4-6-14(15)7-5-12;/h2-11H,1H3;1H. The van der Waals surface area contributed by atoms with E-state index in [0.29, 0.717) is 0 Å². The van der Waals surface area contributed by atoms with E-state index in [-0.39, 0.29) is 12.4 Å². The van der Waals surface area contributed by atoms with Crippen molar-refractivity contribution in [3.05, 3.63) is 65.7 Å². The molecule has 0 radical (unpaired) electrons. The van der Waals surface area contributed by atoms with Crippen LogP contribution in [0.25, 0.3) is 11.8 Å². The maximum atomic E-state index is 5.88. The minimum atomic E-state index is 0. The van der Waals surface area contributed by atoms with E-state index in [1.54, 1.807) is 12.5 Å². The molecule has 94 valence electrons. The fourth-order valence-electron chi connectivity index (χ4n) is 1.54. The van der Waals surface area contributed by atoms with Crippen LogP contribution in [0.1, 0.15) is 12.5 Å². The van der Waals surface area contributed by atoms with Crippen molar-refractivity contribution >= 4 is 35.8 Å². The summed E-state index contributed by atoms with van der Waals surface area (Å²) in [5, 5.41) is 0.746. The van der Waals surface area contributed by atoms with Crippen LogP contribution in [0.15, 0.2) is 55.1 Å². The number of imidazole rings is 1. The van der Waals surface area contributed by atoms with Gasteiger partial charge in [0.1, 0.15) is 0 Å². The molecule has 0 bridgehead atoms. The monoisotopic (exact) mass is 280 g/mol. The first kappa shape index (κ1) is 14.6. The minimum Gasteiger partial charge on any atom is -0.313 e. The number of allylic oxidation sites excluding steroid dienone is 3. The average Bonchev–Trinajstić information content (AvgIpc) is 2.82. The number of hydrogen-bond donors (Lipinski definition) is 0. The fourth-order valence-corrected chi connectivity index (χ4v) is 1.67. The van der Waals surface area contributed by atoms with Crippen LogP contribution in [-0.4, -0.2) is 9.55 Å². The number of hydrogen-bond acceptors (Lipinski definition) is 1. The molecule has 0 aliphatic heterocycles. The summed E-state index contributed by atoms with van der Waals surface area (Å²) >= 11 is 5.88. The molecule has 2 nitrogen and oxygen atoms in total. The zero-order chi connectivity index (χ0) is 12.1. The molecule has 1 aromatic carbocycles. The van der Waals surface area contributed by atoms with Crippen LogP contribution < -0.4 is 0 Å². The molecule has 1 aromatic heterocycles. The second kappa shape index (κ2) is 7.04. The van der Waals surface area contributed by atoms with Crippen LogP contribution >= 0.6 is 24.0 Å².